The number of amides is 3. The summed E-state index contributed by atoms with van der Waals surface area (Å²) in [5.74, 6) is -0.419. The molecule has 11 nitrogen and oxygen atoms in total. The number of carbonyl (C=O) groups excluding carboxylic acids is 2. The lowest BCUT2D eigenvalue weighted by Crippen LogP contribution is -2.45. The van der Waals surface area contributed by atoms with Crippen LogP contribution >= 0.6 is 12.4 Å². The summed E-state index contributed by atoms with van der Waals surface area (Å²) in [4.78, 5) is 37.2. The van der Waals surface area contributed by atoms with Gasteiger partial charge in [0.15, 0.2) is 11.5 Å². The van der Waals surface area contributed by atoms with Crippen LogP contribution in [-0.4, -0.2) is 99.6 Å². The fourth-order valence-electron chi connectivity index (χ4n) is 3.66. The summed E-state index contributed by atoms with van der Waals surface area (Å²) in [6, 6.07) is 7.11. The minimum atomic E-state index is -1.22. The Balaban J connectivity index is 0.00000324. The van der Waals surface area contributed by atoms with Crippen molar-refractivity contribution in [2.75, 3.05) is 65.1 Å². The summed E-state index contributed by atoms with van der Waals surface area (Å²) < 4.78 is 14.8. The number of anilines is 1. The summed E-state index contributed by atoms with van der Waals surface area (Å²) in [5, 5.41) is 5.45. The molecule has 2 aliphatic rings. The van der Waals surface area contributed by atoms with Crippen molar-refractivity contribution in [2.24, 2.45) is 0 Å². The average molecular weight is 509 g/mol. The van der Waals surface area contributed by atoms with Crippen LogP contribution < -0.4 is 16.4 Å². The van der Waals surface area contributed by atoms with Crippen molar-refractivity contribution in [3.8, 4) is 11.3 Å². The first-order valence-electron chi connectivity index (χ1n) is 10.8. The largest absolute Gasteiger partial charge is 0.382 e. The highest BCUT2D eigenvalue weighted by atomic mass is 35.5. The third kappa shape index (κ3) is 6.00. The second-order valence-corrected chi connectivity index (χ2v) is 9.46. The zero-order valence-electron chi connectivity index (χ0n) is 18.9. The van der Waals surface area contributed by atoms with Crippen molar-refractivity contribution in [1.29, 1.82) is 0 Å². The van der Waals surface area contributed by atoms with Gasteiger partial charge in [0, 0.05) is 57.9 Å². The number of likely N-dealkylation sites (N-methyl/N-ethyl adjacent to an activating group) is 1. The van der Waals surface area contributed by atoms with E-state index in [1.165, 1.54) is 6.20 Å². The Bertz CT molecular complexity index is 1050. The van der Waals surface area contributed by atoms with E-state index in [-0.39, 0.29) is 36.5 Å². The predicted octanol–water partition coefficient (Wildman–Crippen LogP) is 0.173. The number of hydrogen-bond acceptors (Lipinski definition) is 7. The van der Waals surface area contributed by atoms with Crippen molar-refractivity contribution in [2.45, 2.75) is 4.90 Å². The van der Waals surface area contributed by atoms with Crippen molar-refractivity contribution in [3.63, 3.8) is 0 Å². The van der Waals surface area contributed by atoms with E-state index in [2.05, 4.69) is 32.5 Å². The second kappa shape index (κ2) is 11.6. The van der Waals surface area contributed by atoms with Gasteiger partial charge in [0.05, 0.1) is 16.8 Å². The highest BCUT2D eigenvalue weighted by Gasteiger charge is 2.21. The van der Waals surface area contributed by atoms with Gasteiger partial charge in [0.2, 0.25) is 0 Å². The van der Waals surface area contributed by atoms with Crippen molar-refractivity contribution in [1.82, 2.24) is 34.7 Å². The summed E-state index contributed by atoms with van der Waals surface area (Å²) in [5.41, 5.74) is 7.14. The number of halogens is 1. The molecular weight excluding hydrogens is 480 g/mol. The van der Waals surface area contributed by atoms with E-state index in [1.807, 2.05) is 28.6 Å². The van der Waals surface area contributed by atoms with Gasteiger partial charge in [-0.2, -0.15) is 0 Å². The number of nitrogens with zero attached hydrogens (tertiary/aromatic N) is 5. The van der Waals surface area contributed by atoms with Gasteiger partial charge in [-0.05, 0) is 19.2 Å². The first-order chi connectivity index (χ1) is 15.9. The molecule has 0 aliphatic carbocycles. The standard InChI is InChI=1S/C21H28N8O3S.ClH/c1-27-10-12-29(13-11-27)33(32)16-4-2-15(3-5-16)17-14-25-19(22)18(26-17)20(30)23-6-8-28-9-7-24-21(28)31;/h2-5,14H,6-13H2,1H3,(H2,22,25)(H,23,30)(H,24,31);1H. The van der Waals surface area contributed by atoms with Crippen LogP contribution in [0.25, 0.3) is 11.3 Å². The van der Waals surface area contributed by atoms with Gasteiger partial charge in [-0.3, -0.25) is 4.79 Å². The maximum absolute atomic E-state index is 12.9. The smallest absolute Gasteiger partial charge is 0.317 e. The summed E-state index contributed by atoms with van der Waals surface area (Å²) >= 11 is 0. The van der Waals surface area contributed by atoms with Gasteiger partial charge in [0.1, 0.15) is 11.0 Å². The number of carbonyl (C=O) groups is 2. The van der Waals surface area contributed by atoms with Gasteiger partial charge in [-0.1, -0.05) is 12.1 Å². The van der Waals surface area contributed by atoms with Crippen LogP contribution in [0.3, 0.4) is 0 Å². The first-order valence-corrected chi connectivity index (χ1v) is 11.9. The molecule has 184 valence electrons. The molecule has 2 fully saturated rings. The van der Waals surface area contributed by atoms with Gasteiger partial charge in [-0.15, -0.1) is 12.4 Å². The molecule has 4 rings (SSSR count). The van der Waals surface area contributed by atoms with Crippen molar-refractivity contribution < 1.29 is 13.8 Å². The molecule has 1 aromatic heterocycles. The van der Waals surface area contributed by atoms with Crippen LogP contribution in [-0.2, 0) is 11.0 Å². The van der Waals surface area contributed by atoms with E-state index in [0.717, 1.165) is 36.6 Å². The van der Waals surface area contributed by atoms with Crippen LogP contribution in [0.4, 0.5) is 10.6 Å². The molecule has 4 N–H and O–H groups in total. The molecule has 2 aromatic rings. The molecule has 34 heavy (non-hydrogen) atoms. The molecule has 0 spiro atoms. The maximum atomic E-state index is 12.9. The SMILES string of the molecule is CN1CCN(S(=O)c2ccc(-c3cnc(N)c(C(=O)NCCN4CCNC4=O)n3)cc2)CC1.Cl. The maximum Gasteiger partial charge on any atom is 0.317 e. The zero-order valence-corrected chi connectivity index (χ0v) is 20.5. The Morgan fingerprint density at radius 3 is 2.53 bits per heavy atom. The Kier molecular flexibility index (Phi) is 8.78. The van der Waals surface area contributed by atoms with E-state index in [9.17, 15) is 13.8 Å². The van der Waals surface area contributed by atoms with Gasteiger partial charge in [-0.25, -0.2) is 23.3 Å². The molecule has 13 heteroatoms. The number of aromatic nitrogens is 2. The van der Waals surface area contributed by atoms with Gasteiger partial charge < -0.3 is 26.2 Å². The second-order valence-electron chi connectivity index (χ2n) is 7.97. The number of rotatable bonds is 7. The lowest BCUT2D eigenvalue weighted by atomic mass is 10.1. The van der Waals surface area contributed by atoms with Gasteiger partial charge >= 0.3 is 6.03 Å². The number of hydrogen-bond donors (Lipinski definition) is 3. The molecule has 0 bridgehead atoms. The minimum absolute atomic E-state index is 0. The lowest BCUT2D eigenvalue weighted by molar-refractivity contribution is 0.0946. The Hall–Kier alpha value is -2.80. The first kappa shape index (κ1) is 25.8. The summed E-state index contributed by atoms with van der Waals surface area (Å²) in [6.45, 7) is 5.20. The highest BCUT2D eigenvalue weighted by molar-refractivity contribution is 7.82. The molecular formula is C21H29ClN8O3S. The van der Waals surface area contributed by atoms with E-state index in [0.29, 0.717) is 25.3 Å². The van der Waals surface area contributed by atoms with E-state index in [4.69, 9.17) is 5.73 Å². The molecule has 0 radical (unpaired) electrons. The number of nitrogen functional groups attached to an aromatic ring is 1. The van der Waals surface area contributed by atoms with E-state index >= 15 is 0 Å². The third-order valence-electron chi connectivity index (χ3n) is 5.68. The van der Waals surface area contributed by atoms with E-state index in [1.54, 1.807) is 4.90 Å². The Morgan fingerprint density at radius 1 is 1.18 bits per heavy atom. The highest BCUT2D eigenvalue weighted by Crippen LogP contribution is 2.21. The number of nitrogens with one attached hydrogen (secondary N) is 2. The van der Waals surface area contributed by atoms with Crippen LogP contribution in [0.1, 0.15) is 10.5 Å². The fourth-order valence-corrected chi connectivity index (χ4v) is 4.82. The van der Waals surface area contributed by atoms with Crippen LogP contribution in [0.2, 0.25) is 0 Å². The molecule has 2 aliphatic heterocycles. The molecule has 1 aromatic carbocycles. The molecule has 0 saturated carbocycles. The molecule has 2 saturated heterocycles. The Labute approximate surface area is 207 Å². The number of piperazine rings is 1. The Morgan fingerprint density at radius 2 is 1.88 bits per heavy atom. The predicted molar refractivity (Wildman–Crippen MR) is 132 cm³/mol. The van der Waals surface area contributed by atoms with Crippen molar-refractivity contribution >= 4 is 41.1 Å². The van der Waals surface area contributed by atoms with Crippen LogP contribution in [0.5, 0.6) is 0 Å². The van der Waals surface area contributed by atoms with Gasteiger partial charge in [0.25, 0.3) is 5.91 Å². The minimum Gasteiger partial charge on any atom is -0.382 e. The fraction of sp³-hybridized carbons (Fsp3) is 0.429. The quantitative estimate of drug-likeness (QED) is 0.485. The van der Waals surface area contributed by atoms with E-state index < -0.39 is 16.9 Å². The third-order valence-corrected chi connectivity index (χ3v) is 7.19. The average Bonchev–Trinajstić information content (AvgIpc) is 3.24. The summed E-state index contributed by atoms with van der Waals surface area (Å²) in [6.07, 6.45) is 1.51. The summed E-state index contributed by atoms with van der Waals surface area (Å²) in [7, 11) is 0.840. The van der Waals surface area contributed by atoms with Crippen molar-refractivity contribution in [3.05, 3.63) is 36.2 Å². The molecule has 3 amide bonds. The number of benzene rings is 1. The molecule has 3 heterocycles. The zero-order chi connectivity index (χ0) is 23.4. The monoisotopic (exact) mass is 508 g/mol. The topological polar surface area (TPSA) is 137 Å². The number of urea groups is 1. The van der Waals surface area contributed by atoms with Crippen LogP contribution in [0, 0.1) is 0 Å². The number of nitrogens with two attached hydrogens (primary N) is 1. The lowest BCUT2D eigenvalue weighted by Gasteiger charge is -2.31. The molecule has 1 unspecified atom stereocenters. The normalized spacial score (nSPS) is 17.7. The van der Waals surface area contributed by atoms with Crippen LogP contribution in [0.15, 0.2) is 35.4 Å². The molecule has 1 atom stereocenters.